The number of benzene rings is 2. The zero-order valence-electron chi connectivity index (χ0n) is 11.2. The average Bonchev–Trinajstić information content (AvgIpc) is 2.84. The molecule has 0 aliphatic carbocycles. The summed E-state index contributed by atoms with van der Waals surface area (Å²) in [6, 6.07) is 12.2. The first-order chi connectivity index (χ1) is 10.1. The fourth-order valence-electron chi connectivity index (χ4n) is 2.26. The van der Waals surface area contributed by atoms with E-state index in [2.05, 4.69) is 21.1 Å². The van der Waals surface area contributed by atoms with E-state index in [1.54, 1.807) is 18.2 Å². The van der Waals surface area contributed by atoms with Crippen LogP contribution in [0, 0.1) is 12.7 Å². The van der Waals surface area contributed by atoms with Crippen LogP contribution in [0.3, 0.4) is 0 Å². The Labute approximate surface area is 129 Å². The molecule has 0 bridgehead atoms. The molecule has 2 N–H and O–H groups in total. The first-order valence-corrected chi connectivity index (χ1v) is 7.14. The molecule has 3 nitrogen and oxygen atoms in total. The van der Waals surface area contributed by atoms with E-state index in [1.165, 1.54) is 6.07 Å². The molecular weight excluding hydrogens is 335 g/mol. The van der Waals surface area contributed by atoms with Crippen molar-refractivity contribution in [1.29, 1.82) is 0 Å². The summed E-state index contributed by atoms with van der Waals surface area (Å²) in [5, 5.41) is 4.02. The molecular formula is C16H12BrFN2O. The van der Waals surface area contributed by atoms with Crippen LogP contribution in [0.1, 0.15) is 5.56 Å². The highest BCUT2D eigenvalue weighted by Gasteiger charge is 2.21. The molecule has 0 radical (unpaired) electrons. The number of nitrogen functional groups attached to an aromatic ring is 1. The predicted octanol–water partition coefficient (Wildman–Crippen LogP) is 4.80. The molecule has 0 spiro atoms. The van der Waals surface area contributed by atoms with E-state index in [-0.39, 0.29) is 11.7 Å². The number of aromatic nitrogens is 1. The van der Waals surface area contributed by atoms with E-state index in [9.17, 15) is 4.39 Å². The molecule has 0 saturated heterocycles. The van der Waals surface area contributed by atoms with Gasteiger partial charge in [0.25, 0.3) is 0 Å². The Balaban J connectivity index is 2.27. The highest BCUT2D eigenvalue weighted by molar-refractivity contribution is 9.10. The minimum atomic E-state index is -0.360. The van der Waals surface area contributed by atoms with Crippen molar-refractivity contribution in [2.75, 3.05) is 5.73 Å². The first-order valence-electron chi connectivity index (χ1n) is 6.34. The van der Waals surface area contributed by atoms with Crippen molar-refractivity contribution in [2.24, 2.45) is 0 Å². The molecule has 3 aromatic rings. The van der Waals surface area contributed by atoms with Gasteiger partial charge in [-0.2, -0.15) is 0 Å². The Hall–Kier alpha value is -2.14. The molecule has 0 aliphatic heterocycles. The van der Waals surface area contributed by atoms with Crippen LogP contribution in [0.15, 0.2) is 51.5 Å². The van der Waals surface area contributed by atoms with Gasteiger partial charge in [0, 0.05) is 15.6 Å². The van der Waals surface area contributed by atoms with Crippen molar-refractivity contribution in [3.63, 3.8) is 0 Å². The normalized spacial score (nSPS) is 10.8. The topological polar surface area (TPSA) is 52.0 Å². The number of rotatable bonds is 2. The Kier molecular flexibility index (Phi) is 3.51. The minimum Gasteiger partial charge on any atom is -0.367 e. The van der Waals surface area contributed by atoms with Gasteiger partial charge >= 0.3 is 0 Å². The third-order valence-corrected chi connectivity index (χ3v) is 3.81. The summed E-state index contributed by atoms with van der Waals surface area (Å²) in [6.45, 7) is 1.96. The zero-order chi connectivity index (χ0) is 15.0. The van der Waals surface area contributed by atoms with Crippen molar-refractivity contribution < 1.29 is 8.91 Å². The van der Waals surface area contributed by atoms with Crippen LogP contribution in [0.4, 0.5) is 10.3 Å². The number of nitrogens with two attached hydrogens (primary N) is 1. The lowest BCUT2D eigenvalue weighted by Crippen LogP contribution is -1.92. The van der Waals surface area contributed by atoms with E-state index in [0.29, 0.717) is 16.8 Å². The van der Waals surface area contributed by atoms with Crippen LogP contribution < -0.4 is 5.73 Å². The van der Waals surface area contributed by atoms with Crippen LogP contribution in [0.25, 0.3) is 22.4 Å². The lowest BCUT2D eigenvalue weighted by atomic mass is 9.98. The molecule has 0 unspecified atom stereocenters. The fourth-order valence-corrected chi connectivity index (χ4v) is 2.62. The Bertz CT molecular complexity index is 814. The van der Waals surface area contributed by atoms with Gasteiger partial charge in [0.2, 0.25) is 5.88 Å². The maximum absolute atomic E-state index is 14.1. The Morgan fingerprint density at radius 3 is 2.67 bits per heavy atom. The standard InChI is InChI=1S/C16H12BrFN2O/c1-9-6-7-10(17)8-12(9)15-14(16(19)21-20-15)11-4-2-3-5-13(11)18/h2-8H,19H2,1H3. The van der Waals surface area contributed by atoms with Gasteiger partial charge in [0.1, 0.15) is 11.5 Å². The van der Waals surface area contributed by atoms with Gasteiger partial charge in [-0.1, -0.05) is 45.4 Å². The number of hydrogen-bond acceptors (Lipinski definition) is 3. The quantitative estimate of drug-likeness (QED) is 0.724. The summed E-state index contributed by atoms with van der Waals surface area (Å²) in [4.78, 5) is 0. The molecule has 2 aromatic carbocycles. The van der Waals surface area contributed by atoms with E-state index < -0.39 is 0 Å². The molecule has 0 atom stereocenters. The van der Waals surface area contributed by atoms with Crippen molar-refractivity contribution in [1.82, 2.24) is 5.16 Å². The summed E-state index contributed by atoms with van der Waals surface area (Å²) in [5.41, 5.74) is 9.11. The number of anilines is 1. The second-order valence-electron chi connectivity index (χ2n) is 4.71. The fraction of sp³-hybridized carbons (Fsp3) is 0.0625. The minimum absolute atomic E-state index is 0.106. The molecule has 3 rings (SSSR count). The molecule has 0 aliphatic rings. The molecule has 106 valence electrons. The summed E-state index contributed by atoms with van der Waals surface area (Å²) < 4.78 is 20.1. The van der Waals surface area contributed by atoms with E-state index >= 15 is 0 Å². The van der Waals surface area contributed by atoms with Gasteiger partial charge in [-0.15, -0.1) is 0 Å². The highest BCUT2D eigenvalue weighted by Crippen LogP contribution is 2.39. The predicted molar refractivity (Wildman–Crippen MR) is 84.2 cm³/mol. The highest BCUT2D eigenvalue weighted by atomic mass is 79.9. The molecule has 21 heavy (non-hydrogen) atoms. The molecule has 1 heterocycles. The van der Waals surface area contributed by atoms with Crippen LogP contribution in [-0.2, 0) is 0 Å². The van der Waals surface area contributed by atoms with Crippen LogP contribution >= 0.6 is 15.9 Å². The van der Waals surface area contributed by atoms with Gasteiger partial charge in [-0.25, -0.2) is 4.39 Å². The van der Waals surface area contributed by atoms with Gasteiger partial charge in [-0.3, -0.25) is 0 Å². The number of nitrogens with zero attached hydrogens (tertiary/aromatic N) is 1. The number of halogens is 2. The van der Waals surface area contributed by atoms with Gasteiger partial charge < -0.3 is 10.3 Å². The van der Waals surface area contributed by atoms with Crippen molar-refractivity contribution in [3.05, 3.63) is 58.3 Å². The first kappa shape index (κ1) is 13.8. The lowest BCUT2D eigenvalue weighted by Gasteiger charge is -2.07. The number of hydrogen-bond donors (Lipinski definition) is 1. The molecule has 0 amide bonds. The Morgan fingerprint density at radius 1 is 1.14 bits per heavy atom. The molecule has 5 heteroatoms. The molecule has 1 aromatic heterocycles. The average molecular weight is 347 g/mol. The zero-order valence-corrected chi connectivity index (χ0v) is 12.8. The van der Waals surface area contributed by atoms with Crippen molar-refractivity contribution in [2.45, 2.75) is 6.92 Å². The van der Waals surface area contributed by atoms with Crippen LogP contribution in [0.2, 0.25) is 0 Å². The second-order valence-corrected chi connectivity index (χ2v) is 5.63. The van der Waals surface area contributed by atoms with Gasteiger partial charge in [0.05, 0.1) is 5.56 Å². The monoisotopic (exact) mass is 346 g/mol. The second kappa shape index (κ2) is 5.33. The maximum atomic E-state index is 14.1. The molecule has 0 fully saturated rings. The van der Waals surface area contributed by atoms with Crippen molar-refractivity contribution in [3.8, 4) is 22.4 Å². The number of aryl methyl sites for hydroxylation is 1. The maximum Gasteiger partial charge on any atom is 0.230 e. The van der Waals surface area contributed by atoms with Crippen LogP contribution in [-0.4, -0.2) is 5.16 Å². The van der Waals surface area contributed by atoms with E-state index in [4.69, 9.17) is 10.3 Å². The summed E-state index contributed by atoms with van der Waals surface area (Å²) in [6.07, 6.45) is 0. The van der Waals surface area contributed by atoms with E-state index in [1.807, 2.05) is 25.1 Å². The van der Waals surface area contributed by atoms with Crippen LogP contribution in [0.5, 0.6) is 0 Å². The summed E-state index contributed by atoms with van der Waals surface area (Å²) in [7, 11) is 0. The lowest BCUT2D eigenvalue weighted by molar-refractivity contribution is 0.439. The Morgan fingerprint density at radius 2 is 1.90 bits per heavy atom. The van der Waals surface area contributed by atoms with Crippen molar-refractivity contribution >= 4 is 21.8 Å². The third-order valence-electron chi connectivity index (χ3n) is 3.32. The third kappa shape index (κ3) is 2.45. The summed E-state index contributed by atoms with van der Waals surface area (Å²) >= 11 is 3.43. The van der Waals surface area contributed by atoms with E-state index in [0.717, 1.165) is 15.6 Å². The van der Waals surface area contributed by atoms with Gasteiger partial charge in [-0.05, 0) is 30.7 Å². The molecule has 0 saturated carbocycles. The smallest absolute Gasteiger partial charge is 0.230 e. The summed E-state index contributed by atoms with van der Waals surface area (Å²) in [5.74, 6) is -0.254. The van der Waals surface area contributed by atoms with Gasteiger partial charge in [0.15, 0.2) is 0 Å². The largest absolute Gasteiger partial charge is 0.367 e. The SMILES string of the molecule is Cc1ccc(Br)cc1-c1noc(N)c1-c1ccccc1F.